The van der Waals surface area contributed by atoms with E-state index in [4.69, 9.17) is 5.11 Å². The van der Waals surface area contributed by atoms with Crippen LogP contribution in [-0.2, 0) is 13.7 Å². The molecule has 0 aliphatic carbocycles. The first-order valence-corrected chi connectivity index (χ1v) is 7.18. The van der Waals surface area contributed by atoms with E-state index in [1.54, 1.807) is 31.3 Å². The molecule has 2 N–H and O–H groups in total. The number of nitrogens with one attached hydrogen (secondary N) is 1. The van der Waals surface area contributed by atoms with E-state index >= 15 is 0 Å². The molecule has 24 heavy (non-hydrogen) atoms. The molecule has 0 radical (unpaired) electrons. The number of anilines is 1. The van der Waals surface area contributed by atoms with Crippen molar-refractivity contribution in [1.29, 1.82) is 0 Å². The number of carbonyl (C=O) groups is 1. The summed E-state index contributed by atoms with van der Waals surface area (Å²) in [5.74, 6) is -1.27. The molecule has 3 aromatic rings. The summed E-state index contributed by atoms with van der Waals surface area (Å²) < 4.78 is 14.8. The summed E-state index contributed by atoms with van der Waals surface area (Å²) in [6, 6.07) is 10.6. The van der Waals surface area contributed by atoms with Gasteiger partial charge in [-0.05, 0) is 30.3 Å². The maximum atomic E-state index is 13.4. The molecular formula is C17H14FN3O3. The van der Waals surface area contributed by atoms with Gasteiger partial charge in [-0.2, -0.15) is 5.10 Å². The fourth-order valence-corrected chi connectivity index (χ4v) is 2.44. The number of aliphatic hydroxyl groups is 1. The molecule has 0 bridgehead atoms. The summed E-state index contributed by atoms with van der Waals surface area (Å²) in [4.78, 5) is 24.8. The fraction of sp³-hybridized carbons (Fsp3) is 0.118. The van der Waals surface area contributed by atoms with Gasteiger partial charge in [0.2, 0.25) is 5.43 Å². The lowest BCUT2D eigenvalue weighted by molar-refractivity contribution is 0.101. The lowest BCUT2D eigenvalue weighted by Gasteiger charge is -2.09. The van der Waals surface area contributed by atoms with Crippen molar-refractivity contribution in [2.75, 3.05) is 5.32 Å². The van der Waals surface area contributed by atoms with Crippen LogP contribution in [0.25, 0.3) is 10.9 Å². The van der Waals surface area contributed by atoms with Crippen LogP contribution in [0.15, 0.2) is 47.3 Å². The largest absolute Gasteiger partial charge is 0.392 e. The number of benzene rings is 2. The van der Waals surface area contributed by atoms with Crippen molar-refractivity contribution < 1.29 is 14.3 Å². The van der Waals surface area contributed by atoms with Crippen molar-refractivity contribution in [2.24, 2.45) is 7.05 Å². The van der Waals surface area contributed by atoms with Crippen LogP contribution >= 0.6 is 0 Å². The van der Waals surface area contributed by atoms with Crippen LogP contribution in [-0.4, -0.2) is 20.8 Å². The van der Waals surface area contributed by atoms with Gasteiger partial charge in [0, 0.05) is 23.7 Å². The van der Waals surface area contributed by atoms with Crippen molar-refractivity contribution in [1.82, 2.24) is 9.78 Å². The Balaban J connectivity index is 2.00. The monoisotopic (exact) mass is 327 g/mol. The molecule has 0 spiro atoms. The zero-order chi connectivity index (χ0) is 17.3. The van der Waals surface area contributed by atoms with E-state index in [-0.39, 0.29) is 16.9 Å². The molecule has 122 valence electrons. The summed E-state index contributed by atoms with van der Waals surface area (Å²) in [5, 5.41) is 16.0. The van der Waals surface area contributed by atoms with E-state index in [0.717, 1.165) is 6.07 Å². The molecule has 0 unspecified atom stereocenters. The Kier molecular flexibility index (Phi) is 4.09. The molecule has 0 fully saturated rings. The van der Waals surface area contributed by atoms with Crippen LogP contribution in [0.4, 0.5) is 10.1 Å². The van der Waals surface area contributed by atoms with Gasteiger partial charge in [-0.1, -0.05) is 12.1 Å². The Morgan fingerprint density at radius 3 is 2.79 bits per heavy atom. The highest BCUT2D eigenvalue weighted by molar-refractivity contribution is 6.04. The van der Waals surface area contributed by atoms with E-state index in [1.807, 2.05) is 0 Å². The van der Waals surface area contributed by atoms with Gasteiger partial charge in [0.05, 0.1) is 12.1 Å². The van der Waals surface area contributed by atoms with Gasteiger partial charge < -0.3 is 10.4 Å². The number of aliphatic hydroxyl groups excluding tert-OH is 1. The second-order valence-corrected chi connectivity index (χ2v) is 5.24. The Morgan fingerprint density at radius 2 is 2.04 bits per heavy atom. The Bertz CT molecular complexity index is 998. The molecule has 1 heterocycles. The van der Waals surface area contributed by atoms with Crippen molar-refractivity contribution in [3.8, 4) is 0 Å². The maximum absolute atomic E-state index is 13.4. The molecule has 3 rings (SSSR count). The van der Waals surface area contributed by atoms with E-state index in [0.29, 0.717) is 10.9 Å². The molecule has 1 aromatic heterocycles. The third kappa shape index (κ3) is 2.77. The number of aromatic nitrogens is 2. The average molecular weight is 327 g/mol. The quantitative estimate of drug-likeness (QED) is 0.768. The van der Waals surface area contributed by atoms with Gasteiger partial charge in [-0.3, -0.25) is 14.3 Å². The molecule has 1 amide bonds. The molecule has 0 saturated carbocycles. The van der Waals surface area contributed by atoms with E-state index in [9.17, 15) is 14.0 Å². The smallest absolute Gasteiger partial charge is 0.280 e. The summed E-state index contributed by atoms with van der Waals surface area (Å²) in [6.07, 6.45) is 0. The molecule has 2 aromatic carbocycles. The third-order valence-corrected chi connectivity index (χ3v) is 3.65. The number of hydrogen-bond donors (Lipinski definition) is 2. The predicted molar refractivity (Wildman–Crippen MR) is 87.3 cm³/mol. The van der Waals surface area contributed by atoms with Crippen LogP contribution in [0.2, 0.25) is 0 Å². The second-order valence-electron chi connectivity index (χ2n) is 5.24. The van der Waals surface area contributed by atoms with Crippen LogP contribution in [0, 0.1) is 5.82 Å². The van der Waals surface area contributed by atoms with Gasteiger partial charge in [-0.25, -0.2) is 4.39 Å². The molecule has 6 nitrogen and oxygen atoms in total. The van der Waals surface area contributed by atoms with Gasteiger partial charge >= 0.3 is 0 Å². The van der Waals surface area contributed by atoms with E-state index < -0.39 is 23.8 Å². The molecule has 0 aliphatic heterocycles. The normalized spacial score (nSPS) is 10.8. The minimum Gasteiger partial charge on any atom is -0.392 e. The van der Waals surface area contributed by atoms with Crippen molar-refractivity contribution in [2.45, 2.75) is 6.61 Å². The predicted octanol–water partition coefficient (Wildman–Crippen LogP) is 1.82. The van der Waals surface area contributed by atoms with Gasteiger partial charge in [0.25, 0.3) is 5.91 Å². The number of amides is 1. The van der Waals surface area contributed by atoms with Crippen LogP contribution < -0.4 is 10.7 Å². The first-order valence-electron chi connectivity index (χ1n) is 7.18. The number of nitrogens with zero attached hydrogens (tertiary/aromatic N) is 2. The second kappa shape index (κ2) is 6.21. The highest BCUT2D eigenvalue weighted by Gasteiger charge is 2.17. The van der Waals surface area contributed by atoms with E-state index in [1.165, 1.54) is 16.8 Å². The number of para-hydroxylation sites is 1. The minimum atomic E-state index is -0.697. The Hall–Kier alpha value is -3.06. The van der Waals surface area contributed by atoms with Crippen molar-refractivity contribution in [3.05, 3.63) is 69.8 Å². The van der Waals surface area contributed by atoms with Gasteiger partial charge in [0.15, 0.2) is 5.69 Å². The lowest BCUT2D eigenvalue weighted by atomic mass is 10.1. The summed E-state index contributed by atoms with van der Waals surface area (Å²) in [5.41, 5.74) is 0.190. The third-order valence-electron chi connectivity index (χ3n) is 3.65. The number of rotatable bonds is 3. The minimum absolute atomic E-state index is 0.0483. The first-order chi connectivity index (χ1) is 11.5. The average Bonchev–Trinajstić information content (AvgIpc) is 2.59. The molecule has 7 heteroatoms. The van der Waals surface area contributed by atoms with Crippen molar-refractivity contribution >= 4 is 22.5 Å². The fourth-order valence-electron chi connectivity index (χ4n) is 2.44. The summed E-state index contributed by atoms with van der Waals surface area (Å²) >= 11 is 0. The number of aryl methyl sites for hydroxylation is 1. The molecule has 0 aliphatic rings. The molecule has 0 saturated heterocycles. The van der Waals surface area contributed by atoms with Crippen LogP contribution in [0.3, 0.4) is 0 Å². The topological polar surface area (TPSA) is 84.2 Å². The Labute approximate surface area is 136 Å². The van der Waals surface area contributed by atoms with Gasteiger partial charge in [0.1, 0.15) is 5.82 Å². The summed E-state index contributed by atoms with van der Waals surface area (Å²) in [6.45, 7) is -0.495. The first kappa shape index (κ1) is 15.8. The number of halogens is 1. The number of carbonyl (C=O) groups excluding carboxylic acids is 1. The number of hydrogen-bond acceptors (Lipinski definition) is 4. The maximum Gasteiger partial charge on any atom is 0.280 e. The summed E-state index contributed by atoms with van der Waals surface area (Å²) in [7, 11) is 1.64. The van der Waals surface area contributed by atoms with E-state index in [2.05, 4.69) is 10.4 Å². The van der Waals surface area contributed by atoms with Crippen LogP contribution in [0.5, 0.6) is 0 Å². The SMILES string of the molecule is Cn1nc(C(=O)Nc2ccc(F)c(CO)c2)c(=O)c2ccccc21. The van der Waals surface area contributed by atoms with Crippen molar-refractivity contribution in [3.63, 3.8) is 0 Å². The zero-order valence-electron chi connectivity index (χ0n) is 12.8. The number of fused-ring (bicyclic) bond motifs is 1. The standard InChI is InChI=1S/C17H14FN3O3/c1-21-14-5-3-2-4-12(14)16(23)15(20-21)17(24)19-11-6-7-13(18)10(8-11)9-22/h2-8,22H,9H2,1H3,(H,19,24). The highest BCUT2D eigenvalue weighted by Crippen LogP contribution is 2.15. The molecular weight excluding hydrogens is 313 g/mol. The molecule has 0 atom stereocenters. The zero-order valence-corrected chi connectivity index (χ0v) is 12.8. The van der Waals surface area contributed by atoms with Gasteiger partial charge in [-0.15, -0.1) is 0 Å². The lowest BCUT2D eigenvalue weighted by Crippen LogP contribution is -2.26. The highest BCUT2D eigenvalue weighted by atomic mass is 19.1. The Morgan fingerprint density at radius 1 is 1.29 bits per heavy atom. The van der Waals surface area contributed by atoms with Crippen LogP contribution in [0.1, 0.15) is 16.1 Å².